The number of nitrogens with zero attached hydrogens (tertiary/aromatic N) is 2. The quantitative estimate of drug-likeness (QED) is 0.825. The minimum absolute atomic E-state index is 0.0738. The summed E-state index contributed by atoms with van der Waals surface area (Å²) in [7, 11) is 0. The summed E-state index contributed by atoms with van der Waals surface area (Å²) in [4.78, 5) is 8.97. The lowest BCUT2D eigenvalue weighted by Crippen LogP contribution is -2.14. The molecule has 0 aliphatic carbocycles. The highest BCUT2D eigenvalue weighted by atomic mass is 15.1. The van der Waals surface area contributed by atoms with Crippen molar-refractivity contribution < 1.29 is 0 Å². The summed E-state index contributed by atoms with van der Waals surface area (Å²) in [6.45, 7) is 13.8. The van der Waals surface area contributed by atoms with Gasteiger partial charge in [0.25, 0.3) is 0 Å². The average molecular weight is 312 g/mol. The first kappa shape index (κ1) is 17.3. The molecule has 1 heterocycles. The third kappa shape index (κ3) is 4.95. The van der Waals surface area contributed by atoms with Crippen LogP contribution in [0.1, 0.15) is 46.0 Å². The molecule has 0 atom stereocenters. The van der Waals surface area contributed by atoms with Gasteiger partial charge in [-0.1, -0.05) is 52.8 Å². The van der Waals surface area contributed by atoms with Crippen LogP contribution in [0.2, 0.25) is 0 Å². The number of benzene rings is 1. The van der Waals surface area contributed by atoms with Gasteiger partial charge in [0.05, 0.1) is 0 Å². The standard InChI is InChI=1S/C19H28N4/c1-13(2)12-20-17-11-18(22-14(3)21-17)23-16-10-8-7-9-15(16)19(4,5)6/h7-11,13H,12H2,1-6H3,(H2,20,21,22,23). The van der Waals surface area contributed by atoms with Crippen molar-refractivity contribution in [3.05, 3.63) is 41.7 Å². The Labute approximate surface area is 139 Å². The molecule has 0 aliphatic rings. The summed E-state index contributed by atoms with van der Waals surface area (Å²) >= 11 is 0. The predicted molar refractivity (Wildman–Crippen MR) is 98.5 cm³/mol. The molecule has 4 heteroatoms. The van der Waals surface area contributed by atoms with E-state index in [1.54, 1.807) is 0 Å². The summed E-state index contributed by atoms with van der Waals surface area (Å²) in [6.07, 6.45) is 0. The zero-order chi connectivity index (χ0) is 17.0. The van der Waals surface area contributed by atoms with Crippen molar-refractivity contribution in [2.45, 2.75) is 47.0 Å². The van der Waals surface area contributed by atoms with Crippen LogP contribution in [0.25, 0.3) is 0 Å². The van der Waals surface area contributed by atoms with Crippen molar-refractivity contribution >= 4 is 17.3 Å². The Morgan fingerprint density at radius 1 is 1.04 bits per heavy atom. The minimum atomic E-state index is 0.0738. The van der Waals surface area contributed by atoms with Crippen molar-refractivity contribution in [3.63, 3.8) is 0 Å². The maximum atomic E-state index is 4.52. The minimum Gasteiger partial charge on any atom is -0.370 e. The molecule has 4 nitrogen and oxygen atoms in total. The second kappa shape index (κ2) is 6.99. The molecule has 1 aromatic heterocycles. The molecule has 0 bridgehead atoms. The fraction of sp³-hybridized carbons (Fsp3) is 0.474. The molecule has 0 saturated heterocycles. The number of para-hydroxylation sites is 1. The summed E-state index contributed by atoms with van der Waals surface area (Å²) in [6, 6.07) is 10.3. The van der Waals surface area contributed by atoms with Crippen LogP contribution in [-0.2, 0) is 5.41 Å². The number of anilines is 3. The van der Waals surface area contributed by atoms with Gasteiger partial charge in [-0.2, -0.15) is 0 Å². The molecule has 0 radical (unpaired) electrons. The Morgan fingerprint density at radius 2 is 1.70 bits per heavy atom. The average Bonchev–Trinajstić information content (AvgIpc) is 2.44. The van der Waals surface area contributed by atoms with E-state index >= 15 is 0 Å². The van der Waals surface area contributed by atoms with Gasteiger partial charge in [0.2, 0.25) is 0 Å². The molecule has 0 fully saturated rings. The SMILES string of the molecule is Cc1nc(NCC(C)C)cc(Nc2ccccc2C(C)(C)C)n1. The van der Waals surface area contributed by atoms with Crippen molar-refractivity contribution in [3.8, 4) is 0 Å². The molecule has 0 unspecified atom stereocenters. The van der Waals surface area contributed by atoms with Crippen molar-refractivity contribution in [2.75, 3.05) is 17.2 Å². The highest BCUT2D eigenvalue weighted by molar-refractivity contribution is 5.64. The van der Waals surface area contributed by atoms with Gasteiger partial charge in [0.15, 0.2) is 0 Å². The maximum Gasteiger partial charge on any atom is 0.136 e. The Hall–Kier alpha value is -2.10. The smallest absolute Gasteiger partial charge is 0.136 e. The van der Waals surface area contributed by atoms with Gasteiger partial charge >= 0.3 is 0 Å². The van der Waals surface area contributed by atoms with E-state index in [9.17, 15) is 0 Å². The van der Waals surface area contributed by atoms with Crippen LogP contribution in [0.4, 0.5) is 17.3 Å². The lowest BCUT2D eigenvalue weighted by atomic mass is 9.86. The topological polar surface area (TPSA) is 49.8 Å². The largest absolute Gasteiger partial charge is 0.370 e. The Morgan fingerprint density at radius 3 is 2.35 bits per heavy atom. The van der Waals surface area contributed by atoms with E-state index in [-0.39, 0.29) is 5.41 Å². The molecule has 23 heavy (non-hydrogen) atoms. The fourth-order valence-electron chi connectivity index (χ4n) is 2.42. The van der Waals surface area contributed by atoms with Crippen LogP contribution < -0.4 is 10.6 Å². The first-order valence-electron chi connectivity index (χ1n) is 8.22. The van der Waals surface area contributed by atoms with E-state index in [2.05, 4.69) is 73.4 Å². The van der Waals surface area contributed by atoms with Crippen molar-refractivity contribution in [1.29, 1.82) is 0 Å². The van der Waals surface area contributed by atoms with Crippen LogP contribution in [0.5, 0.6) is 0 Å². The third-order valence-corrected chi connectivity index (χ3v) is 3.53. The van der Waals surface area contributed by atoms with E-state index in [4.69, 9.17) is 0 Å². The number of nitrogens with one attached hydrogen (secondary N) is 2. The van der Waals surface area contributed by atoms with Crippen LogP contribution in [0.15, 0.2) is 30.3 Å². The molecule has 2 rings (SSSR count). The Kier molecular flexibility index (Phi) is 5.24. The molecule has 2 N–H and O–H groups in total. The summed E-state index contributed by atoms with van der Waals surface area (Å²) in [5.41, 5.74) is 2.44. The maximum absolute atomic E-state index is 4.52. The van der Waals surface area contributed by atoms with Gasteiger partial charge in [0.1, 0.15) is 17.5 Å². The molecule has 0 saturated carbocycles. The second-order valence-corrected chi connectivity index (χ2v) is 7.38. The number of rotatable bonds is 5. The second-order valence-electron chi connectivity index (χ2n) is 7.38. The van der Waals surface area contributed by atoms with E-state index in [1.165, 1.54) is 5.56 Å². The molecule has 124 valence electrons. The van der Waals surface area contributed by atoms with Crippen molar-refractivity contribution in [1.82, 2.24) is 9.97 Å². The van der Waals surface area contributed by atoms with Gasteiger partial charge in [0, 0.05) is 18.3 Å². The number of aromatic nitrogens is 2. The van der Waals surface area contributed by atoms with E-state index in [0.29, 0.717) is 5.92 Å². The monoisotopic (exact) mass is 312 g/mol. The predicted octanol–water partition coefficient (Wildman–Crippen LogP) is 4.89. The molecule has 0 aliphatic heterocycles. The molecular formula is C19H28N4. The highest BCUT2D eigenvalue weighted by Gasteiger charge is 2.17. The van der Waals surface area contributed by atoms with Crippen LogP contribution in [-0.4, -0.2) is 16.5 Å². The third-order valence-electron chi connectivity index (χ3n) is 3.53. The molecule has 0 amide bonds. The van der Waals surface area contributed by atoms with Gasteiger partial charge < -0.3 is 10.6 Å². The summed E-state index contributed by atoms with van der Waals surface area (Å²) in [5, 5.41) is 6.82. The van der Waals surface area contributed by atoms with Gasteiger partial charge in [-0.05, 0) is 29.9 Å². The highest BCUT2D eigenvalue weighted by Crippen LogP contribution is 2.31. The summed E-state index contributed by atoms with van der Waals surface area (Å²) in [5.74, 6) is 3.01. The number of aryl methyl sites for hydroxylation is 1. The summed E-state index contributed by atoms with van der Waals surface area (Å²) < 4.78 is 0. The first-order chi connectivity index (χ1) is 10.8. The van der Waals surface area contributed by atoms with E-state index < -0.39 is 0 Å². The van der Waals surface area contributed by atoms with E-state index in [1.807, 2.05) is 19.1 Å². The lowest BCUT2D eigenvalue weighted by Gasteiger charge is -2.23. The van der Waals surface area contributed by atoms with Gasteiger partial charge in [-0.3, -0.25) is 0 Å². The van der Waals surface area contributed by atoms with Crippen LogP contribution in [0, 0.1) is 12.8 Å². The molecule has 1 aromatic carbocycles. The molecule has 2 aromatic rings. The normalized spacial score (nSPS) is 11.6. The number of hydrogen-bond donors (Lipinski definition) is 2. The molecular weight excluding hydrogens is 284 g/mol. The molecule has 0 spiro atoms. The zero-order valence-corrected chi connectivity index (χ0v) is 15.1. The van der Waals surface area contributed by atoms with Crippen LogP contribution >= 0.6 is 0 Å². The lowest BCUT2D eigenvalue weighted by molar-refractivity contribution is 0.592. The van der Waals surface area contributed by atoms with Crippen LogP contribution in [0.3, 0.4) is 0 Å². The Bertz CT molecular complexity index is 657. The van der Waals surface area contributed by atoms with Gasteiger partial charge in [-0.15, -0.1) is 0 Å². The van der Waals surface area contributed by atoms with Crippen molar-refractivity contribution in [2.24, 2.45) is 5.92 Å². The number of hydrogen-bond acceptors (Lipinski definition) is 4. The Balaban J connectivity index is 2.27. The van der Waals surface area contributed by atoms with E-state index in [0.717, 1.165) is 29.7 Å². The van der Waals surface area contributed by atoms with Gasteiger partial charge in [-0.25, -0.2) is 9.97 Å². The zero-order valence-electron chi connectivity index (χ0n) is 15.1. The fourth-order valence-corrected chi connectivity index (χ4v) is 2.42. The first-order valence-corrected chi connectivity index (χ1v) is 8.22.